The number of hydrogen-bond acceptors (Lipinski definition) is 3. The molecule has 0 saturated heterocycles. The van der Waals surface area contributed by atoms with Crippen molar-refractivity contribution in [3.8, 4) is 0 Å². The molecule has 0 spiro atoms. The van der Waals surface area contributed by atoms with Crippen molar-refractivity contribution in [3.63, 3.8) is 0 Å². The van der Waals surface area contributed by atoms with Gasteiger partial charge in [-0.15, -0.1) is 0 Å². The van der Waals surface area contributed by atoms with Gasteiger partial charge < -0.3 is 15.2 Å². The maximum atomic E-state index is 12.1. The van der Waals surface area contributed by atoms with Crippen molar-refractivity contribution in [2.45, 2.75) is 46.0 Å². The molecule has 1 saturated carbocycles. The first-order valence-corrected chi connectivity index (χ1v) is 7.06. The van der Waals surface area contributed by atoms with Crippen LogP contribution in [0.25, 0.3) is 0 Å². The van der Waals surface area contributed by atoms with Gasteiger partial charge in [0.05, 0.1) is 13.2 Å². The maximum absolute atomic E-state index is 12.1. The number of hydrogen-bond donors (Lipinski definition) is 2. The Morgan fingerprint density at radius 2 is 2.00 bits per heavy atom. The van der Waals surface area contributed by atoms with Crippen molar-refractivity contribution in [1.29, 1.82) is 0 Å². The zero-order chi connectivity index (χ0) is 13.4. The summed E-state index contributed by atoms with van der Waals surface area (Å²) in [5.74, 6) is 0.694. The standard InChI is InChI=1S/C14H27NO3/c1-14(2,12-6-3-4-7-12)13(17)15-8-5-10-18-11-9-16/h12,16H,3-11H2,1-2H3,(H,15,17). The zero-order valence-corrected chi connectivity index (χ0v) is 11.7. The van der Waals surface area contributed by atoms with Gasteiger partial charge in [0.25, 0.3) is 0 Å². The summed E-state index contributed by atoms with van der Waals surface area (Å²) in [5.41, 5.74) is -0.248. The predicted octanol–water partition coefficient (Wildman–Crippen LogP) is 1.72. The van der Waals surface area contributed by atoms with Crippen LogP contribution >= 0.6 is 0 Å². The summed E-state index contributed by atoms with van der Waals surface area (Å²) < 4.78 is 5.15. The fourth-order valence-electron chi connectivity index (χ4n) is 2.60. The third-order valence-electron chi connectivity index (χ3n) is 3.95. The third kappa shape index (κ3) is 4.58. The topological polar surface area (TPSA) is 58.6 Å². The summed E-state index contributed by atoms with van der Waals surface area (Å²) >= 11 is 0. The van der Waals surface area contributed by atoms with Crippen LogP contribution in [0.5, 0.6) is 0 Å². The zero-order valence-electron chi connectivity index (χ0n) is 11.7. The monoisotopic (exact) mass is 257 g/mol. The van der Waals surface area contributed by atoms with Crippen molar-refractivity contribution in [2.24, 2.45) is 11.3 Å². The SMILES string of the molecule is CC(C)(C(=O)NCCCOCCO)C1CCCC1. The lowest BCUT2D eigenvalue weighted by atomic mass is 9.77. The average Bonchev–Trinajstić information content (AvgIpc) is 2.87. The molecule has 1 aliphatic carbocycles. The second kappa shape index (κ2) is 7.74. The van der Waals surface area contributed by atoms with E-state index in [9.17, 15) is 4.79 Å². The highest BCUT2D eigenvalue weighted by Crippen LogP contribution is 2.39. The normalized spacial score (nSPS) is 17.1. The molecule has 4 nitrogen and oxygen atoms in total. The molecule has 106 valence electrons. The van der Waals surface area contributed by atoms with E-state index in [1.807, 2.05) is 0 Å². The van der Waals surface area contributed by atoms with Crippen molar-refractivity contribution < 1.29 is 14.6 Å². The Balaban J connectivity index is 2.18. The van der Waals surface area contributed by atoms with Crippen LogP contribution < -0.4 is 5.32 Å². The molecule has 0 aromatic rings. The minimum absolute atomic E-state index is 0.0566. The molecule has 0 aromatic carbocycles. The smallest absolute Gasteiger partial charge is 0.225 e. The molecule has 0 aromatic heterocycles. The van der Waals surface area contributed by atoms with Crippen LogP contribution in [-0.2, 0) is 9.53 Å². The average molecular weight is 257 g/mol. The lowest BCUT2D eigenvalue weighted by Gasteiger charge is -2.30. The van der Waals surface area contributed by atoms with Gasteiger partial charge in [-0.1, -0.05) is 26.7 Å². The highest BCUT2D eigenvalue weighted by atomic mass is 16.5. The first-order valence-electron chi connectivity index (χ1n) is 7.06. The van der Waals surface area contributed by atoms with E-state index in [4.69, 9.17) is 9.84 Å². The summed E-state index contributed by atoms with van der Waals surface area (Å²) in [5, 5.41) is 11.5. The summed E-state index contributed by atoms with van der Waals surface area (Å²) in [6.07, 6.45) is 5.68. The second-order valence-corrected chi connectivity index (χ2v) is 5.65. The van der Waals surface area contributed by atoms with Crippen LogP contribution in [0.1, 0.15) is 46.0 Å². The highest BCUT2D eigenvalue weighted by Gasteiger charge is 2.37. The molecule has 0 bridgehead atoms. The van der Waals surface area contributed by atoms with E-state index in [1.54, 1.807) is 0 Å². The lowest BCUT2D eigenvalue weighted by Crippen LogP contribution is -2.41. The molecule has 0 radical (unpaired) electrons. The van der Waals surface area contributed by atoms with Crippen molar-refractivity contribution >= 4 is 5.91 Å². The molecule has 0 atom stereocenters. The van der Waals surface area contributed by atoms with Gasteiger partial charge in [-0.2, -0.15) is 0 Å². The summed E-state index contributed by atoms with van der Waals surface area (Å²) in [4.78, 5) is 12.1. The maximum Gasteiger partial charge on any atom is 0.225 e. The molecule has 1 rings (SSSR count). The number of ether oxygens (including phenoxy) is 1. The fourth-order valence-corrected chi connectivity index (χ4v) is 2.60. The van der Waals surface area contributed by atoms with Gasteiger partial charge in [0.1, 0.15) is 0 Å². The molecule has 1 fully saturated rings. The first-order chi connectivity index (χ1) is 8.59. The predicted molar refractivity (Wildman–Crippen MR) is 71.3 cm³/mol. The van der Waals surface area contributed by atoms with Crippen LogP contribution in [0.15, 0.2) is 0 Å². The summed E-state index contributed by atoms with van der Waals surface area (Å²) in [7, 11) is 0. The number of nitrogens with one attached hydrogen (secondary N) is 1. The second-order valence-electron chi connectivity index (χ2n) is 5.65. The van der Waals surface area contributed by atoms with Crippen molar-refractivity contribution in [3.05, 3.63) is 0 Å². The van der Waals surface area contributed by atoms with Crippen LogP contribution in [0.3, 0.4) is 0 Å². The van der Waals surface area contributed by atoms with Crippen molar-refractivity contribution in [2.75, 3.05) is 26.4 Å². The minimum atomic E-state index is -0.248. The van der Waals surface area contributed by atoms with E-state index in [0.29, 0.717) is 25.7 Å². The van der Waals surface area contributed by atoms with E-state index in [0.717, 1.165) is 6.42 Å². The minimum Gasteiger partial charge on any atom is -0.394 e. The number of rotatable bonds is 8. The molecule has 0 unspecified atom stereocenters. The molecular weight excluding hydrogens is 230 g/mol. The highest BCUT2D eigenvalue weighted by molar-refractivity contribution is 5.82. The third-order valence-corrected chi connectivity index (χ3v) is 3.95. The molecule has 0 heterocycles. The van der Waals surface area contributed by atoms with E-state index in [-0.39, 0.29) is 17.9 Å². The first kappa shape index (κ1) is 15.4. The molecule has 18 heavy (non-hydrogen) atoms. The molecule has 0 aliphatic heterocycles. The van der Waals surface area contributed by atoms with Crippen LogP contribution in [0.2, 0.25) is 0 Å². The van der Waals surface area contributed by atoms with Crippen LogP contribution in [-0.4, -0.2) is 37.4 Å². The van der Waals surface area contributed by atoms with Gasteiger partial charge in [0.15, 0.2) is 0 Å². The lowest BCUT2D eigenvalue weighted by molar-refractivity contribution is -0.132. The van der Waals surface area contributed by atoms with Crippen LogP contribution in [0.4, 0.5) is 0 Å². The quantitative estimate of drug-likeness (QED) is 0.651. The van der Waals surface area contributed by atoms with Gasteiger partial charge in [-0.3, -0.25) is 4.79 Å². The summed E-state index contributed by atoms with van der Waals surface area (Å²) in [6, 6.07) is 0. The number of carbonyl (C=O) groups excluding carboxylic acids is 1. The number of aliphatic hydroxyl groups excluding tert-OH is 1. The Bertz CT molecular complexity index is 247. The molecule has 1 aliphatic rings. The fraction of sp³-hybridized carbons (Fsp3) is 0.929. The van der Waals surface area contributed by atoms with Crippen molar-refractivity contribution in [1.82, 2.24) is 5.32 Å². The van der Waals surface area contributed by atoms with E-state index in [2.05, 4.69) is 19.2 Å². The Morgan fingerprint density at radius 1 is 1.33 bits per heavy atom. The Labute approximate surface area is 110 Å². The Kier molecular flexibility index (Phi) is 6.65. The Morgan fingerprint density at radius 3 is 2.61 bits per heavy atom. The molecular formula is C14H27NO3. The van der Waals surface area contributed by atoms with E-state index in [1.165, 1.54) is 25.7 Å². The van der Waals surface area contributed by atoms with E-state index >= 15 is 0 Å². The van der Waals surface area contributed by atoms with Gasteiger partial charge in [-0.25, -0.2) is 0 Å². The van der Waals surface area contributed by atoms with Gasteiger partial charge >= 0.3 is 0 Å². The summed E-state index contributed by atoms with van der Waals surface area (Å²) in [6.45, 7) is 5.79. The molecule has 1 amide bonds. The van der Waals surface area contributed by atoms with Gasteiger partial charge in [0.2, 0.25) is 5.91 Å². The van der Waals surface area contributed by atoms with Gasteiger partial charge in [0, 0.05) is 18.6 Å². The Hall–Kier alpha value is -0.610. The molecule has 2 N–H and O–H groups in total. The number of amides is 1. The van der Waals surface area contributed by atoms with E-state index < -0.39 is 0 Å². The van der Waals surface area contributed by atoms with Gasteiger partial charge in [-0.05, 0) is 25.2 Å². The largest absolute Gasteiger partial charge is 0.394 e. The molecule has 4 heteroatoms. The van der Waals surface area contributed by atoms with Crippen LogP contribution in [0, 0.1) is 11.3 Å². The number of aliphatic hydroxyl groups is 1. The number of carbonyl (C=O) groups is 1.